The maximum Gasteiger partial charge on any atom is 0.0469 e. The molecule has 0 bridgehead atoms. The molecular formula is C16H26Cl2N2O. The van der Waals surface area contributed by atoms with Gasteiger partial charge in [-0.25, -0.2) is 0 Å². The summed E-state index contributed by atoms with van der Waals surface area (Å²) in [5.74, 6) is 0.745. The van der Waals surface area contributed by atoms with Gasteiger partial charge in [0.1, 0.15) is 0 Å². The van der Waals surface area contributed by atoms with Crippen molar-refractivity contribution < 1.29 is 4.74 Å². The molecule has 120 valence electrons. The first-order valence-corrected chi connectivity index (χ1v) is 7.52. The average molecular weight is 333 g/mol. The summed E-state index contributed by atoms with van der Waals surface area (Å²) in [7, 11) is 0. The van der Waals surface area contributed by atoms with E-state index in [1.165, 1.54) is 18.4 Å². The average Bonchev–Trinajstić information content (AvgIpc) is 2.51. The summed E-state index contributed by atoms with van der Waals surface area (Å²) in [5.41, 5.74) is 1.48. The van der Waals surface area contributed by atoms with Crippen molar-refractivity contribution >= 4 is 24.8 Å². The third kappa shape index (κ3) is 4.83. The lowest BCUT2D eigenvalue weighted by Gasteiger charge is -2.41. The summed E-state index contributed by atoms with van der Waals surface area (Å²) in [6.07, 6.45) is 2.40. The Bertz CT molecular complexity index is 361. The molecule has 0 spiro atoms. The molecule has 1 atom stereocenters. The molecule has 2 heterocycles. The molecule has 2 aliphatic rings. The fourth-order valence-corrected chi connectivity index (χ4v) is 3.42. The van der Waals surface area contributed by atoms with Crippen LogP contribution in [0.15, 0.2) is 30.3 Å². The van der Waals surface area contributed by atoms with Crippen molar-refractivity contribution in [3.8, 4) is 0 Å². The number of nitrogens with one attached hydrogen (secondary N) is 1. The molecule has 5 heteroatoms. The fraction of sp³-hybridized carbons (Fsp3) is 0.625. The molecule has 1 aromatic carbocycles. The predicted molar refractivity (Wildman–Crippen MR) is 91.7 cm³/mol. The zero-order chi connectivity index (χ0) is 12.9. The molecule has 1 unspecified atom stereocenters. The topological polar surface area (TPSA) is 24.5 Å². The van der Waals surface area contributed by atoms with Crippen LogP contribution in [0.5, 0.6) is 0 Å². The summed E-state index contributed by atoms with van der Waals surface area (Å²) in [5, 5.41) is 3.46. The predicted octanol–water partition coefficient (Wildman–Crippen LogP) is 2.90. The molecule has 2 aliphatic heterocycles. The second kappa shape index (κ2) is 9.65. The molecular weight excluding hydrogens is 307 g/mol. The number of ether oxygens (including phenoxy) is 1. The summed E-state index contributed by atoms with van der Waals surface area (Å²) in [6, 6.07) is 11.6. The van der Waals surface area contributed by atoms with Gasteiger partial charge in [0.05, 0.1) is 0 Å². The van der Waals surface area contributed by atoms with Crippen molar-refractivity contribution in [1.82, 2.24) is 10.2 Å². The van der Waals surface area contributed by atoms with E-state index in [4.69, 9.17) is 4.74 Å². The highest BCUT2D eigenvalue weighted by molar-refractivity contribution is 5.85. The minimum absolute atomic E-state index is 0. The van der Waals surface area contributed by atoms with Gasteiger partial charge in [-0.15, -0.1) is 24.8 Å². The van der Waals surface area contributed by atoms with Gasteiger partial charge in [-0.2, -0.15) is 0 Å². The molecule has 1 N–H and O–H groups in total. The van der Waals surface area contributed by atoms with Gasteiger partial charge < -0.3 is 10.1 Å². The van der Waals surface area contributed by atoms with Crippen LogP contribution in [0, 0.1) is 5.92 Å². The van der Waals surface area contributed by atoms with Crippen LogP contribution >= 0.6 is 24.8 Å². The van der Waals surface area contributed by atoms with E-state index < -0.39 is 0 Å². The Hall–Kier alpha value is -0.320. The van der Waals surface area contributed by atoms with Crippen LogP contribution in [0.2, 0.25) is 0 Å². The van der Waals surface area contributed by atoms with Gasteiger partial charge >= 0.3 is 0 Å². The Balaban J connectivity index is 0.00000110. The van der Waals surface area contributed by atoms with E-state index in [1.807, 2.05) is 0 Å². The minimum Gasteiger partial charge on any atom is -0.381 e. The Labute approximate surface area is 140 Å². The van der Waals surface area contributed by atoms with Gasteiger partial charge in [-0.3, -0.25) is 4.90 Å². The highest BCUT2D eigenvalue weighted by atomic mass is 35.5. The van der Waals surface area contributed by atoms with Gasteiger partial charge in [0.25, 0.3) is 0 Å². The quantitative estimate of drug-likeness (QED) is 0.921. The van der Waals surface area contributed by atoms with E-state index in [-0.39, 0.29) is 24.8 Å². The lowest BCUT2D eigenvalue weighted by Crippen LogP contribution is -2.47. The van der Waals surface area contributed by atoms with Crippen LogP contribution in [0.3, 0.4) is 0 Å². The summed E-state index contributed by atoms with van der Waals surface area (Å²) < 4.78 is 5.54. The highest BCUT2D eigenvalue weighted by Gasteiger charge is 2.30. The summed E-state index contributed by atoms with van der Waals surface area (Å²) in [4.78, 5) is 2.67. The van der Waals surface area contributed by atoms with E-state index in [2.05, 4.69) is 40.5 Å². The van der Waals surface area contributed by atoms with Crippen molar-refractivity contribution in [2.24, 2.45) is 5.92 Å². The maximum absolute atomic E-state index is 5.54. The van der Waals surface area contributed by atoms with Gasteiger partial charge in [0.15, 0.2) is 0 Å². The molecule has 0 amide bonds. The van der Waals surface area contributed by atoms with Crippen molar-refractivity contribution in [3.05, 3.63) is 35.9 Å². The summed E-state index contributed by atoms with van der Waals surface area (Å²) in [6.45, 7) is 6.42. The minimum atomic E-state index is 0. The SMILES string of the molecule is Cl.Cl.c1ccc(C(C2CCOCC2)N2CCNCC2)cc1. The number of rotatable bonds is 3. The molecule has 0 saturated carbocycles. The second-order valence-corrected chi connectivity index (χ2v) is 5.59. The van der Waals surface area contributed by atoms with Gasteiger partial charge in [0.2, 0.25) is 0 Å². The third-order valence-electron chi connectivity index (χ3n) is 4.40. The summed E-state index contributed by atoms with van der Waals surface area (Å²) >= 11 is 0. The molecule has 21 heavy (non-hydrogen) atoms. The van der Waals surface area contributed by atoms with Crippen molar-refractivity contribution in [2.45, 2.75) is 18.9 Å². The third-order valence-corrected chi connectivity index (χ3v) is 4.40. The number of hydrogen-bond acceptors (Lipinski definition) is 3. The first-order valence-electron chi connectivity index (χ1n) is 7.52. The smallest absolute Gasteiger partial charge is 0.0469 e. The number of nitrogens with zero attached hydrogens (tertiary/aromatic N) is 1. The Morgan fingerprint density at radius 1 is 1.00 bits per heavy atom. The van der Waals surface area contributed by atoms with Gasteiger partial charge in [-0.05, 0) is 24.3 Å². The first kappa shape index (κ1) is 18.7. The largest absolute Gasteiger partial charge is 0.381 e. The van der Waals surface area contributed by atoms with Crippen molar-refractivity contribution in [3.63, 3.8) is 0 Å². The monoisotopic (exact) mass is 332 g/mol. The molecule has 2 fully saturated rings. The standard InChI is InChI=1S/C16H24N2O.2ClH/c1-2-4-14(5-3-1)16(15-6-12-19-13-7-15)18-10-8-17-9-11-18;;/h1-5,15-17H,6-13H2;2*1H. The molecule has 0 aliphatic carbocycles. The van der Waals surface area contributed by atoms with Crippen LogP contribution in [0.1, 0.15) is 24.4 Å². The van der Waals surface area contributed by atoms with E-state index in [0.717, 1.165) is 45.3 Å². The Morgan fingerprint density at radius 3 is 2.24 bits per heavy atom. The van der Waals surface area contributed by atoms with Gasteiger partial charge in [0, 0.05) is 45.4 Å². The molecule has 0 radical (unpaired) electrons. The van der Waals surface area contributed by atoms with Gasteiger partial charge in [-0.1, -0.05) is 30.3 Å². The van der Waals surface area contributed by atoms with Crippen LogP contribution < -0.4 is 5.32 Å². The molecule has 2 saturated heterocycles. The van der Waals surface area contributed by atoms with Crippen LogP contribution in [0.4, 0.5) is 0 Å². The number of halogens is 2. The Kier molecular flexibility index (Phi) is 8.60. The zero-order valence-corrected chi connectivity index (χ0v) is 14.0. The molecule has 0 aromatic heterocycles. The van der Waals surface area contributed by atoms with E-state index in [0.29, 0.717) is 6.04 Å². The normalized spacial score (nSPS) is 21.9. The Morgan fingerprint density at radius 2 is 1.62 bits per heavy atom. The van der Waals surface area contributed by atoms with Crippen LogP contribution in [0.25, 0.3) is 0 Å². The van der Waals surface area contributed by atoms with E-state index >= 15 is 0 Å². The van der Waals surface area contributed by atoms with E-state index in [9.17, 15) is 0 Å². The lowest BCUT2D eigenvalue weighted by atomic mass is 9.85. The maximum atomic E-state index is 5.54. The lowest BCUT2D eigenvalue weighted by molar-refractivity contribution is 0.0213. The van der Waals surface area contributed by atoms with Crippen LogP contribution in [-0.4, -0.2) is 44.3 Å². The highest BCUT2D eigenvalue weighted by Crippen LogP contribution is 2.35. The van der Waals surface area contributed by atoms with Crippen molar-refractivity contribution in [1.29, 1.82) is 0 Å². The van der Waals surface area contributed by atoms with Crippen molar-refractivity contribution in [2.75, 3.05) is 39.4 Å². The number of hydrogen-bond donors (Lipinski definition) is 1. The second-order valence-electron chi connectivity index (χ2n) is 5.59. The molecule has 3 rings (SSSR count). The van der Waals surface area contributed by atoms with E-state index in [1.54, 1.807) is 0 Å². The fourth-order valence-electron chi connectivity index (χ4n) is 3.42. The van der Waals surface area contributed by atoms with Crippen LogP contribution in [-0.2, 0) is 4.74 Å². The number of benzene rings is 1. The molecule has 3 nitrogen and oxygen atoms in total. The molecule has 1 aromatic rings. The number of piperazine rings is 1. The zero-order valence-electron chi connectivity index (χ0n) is 12.4. The first-order chi connectivity index (χ1) is 9.45.